The van der Waals surface area contributed by atoms with Crippen LogP contribution in [0, 0.1) is 0 Å². The fourth-order valence-corrected chi connectivity index (χ4v) is 2.10. The van der Waals surface area contributed by atoms with Crippen molar-refractivity contribution in [3.8, 4) is 0 Å². The maximum Gasteiger partial charge on any atom is 0.328 e. The molecule has 0 aliphatic carbocycles. The normalized spacial score (nSPS) is 12.9. The van der Waals surface area contributed by atoms with Crippen molar-refractivity contribution >= 4 is 0 Å². The predicted molar refractivity (Wildman–Crippen MR) is 71.4 cm³/mol. The second-order valence-corrected chi connectivity index (χ2v) is 4.50. The quantitative estimate of drug-likeness (QED) is 0.752. The molecule has 17 heavy (non-hydrogen) atoms. The van der Waals surface area contributed by atoms with Crippen LogP contribution < -0.4 is 11.0 Å². The summed E-state index contributed by atoms with van der Waals surface area (Å²) < 4.78 is 3.60. The molecule has 0 saturated carbocycles. The minimum Gasteiger partial charge on any atom is -0.317 e. The smallest absolute Gasteiger partial charge is 0.317 e. The van der Waals surface area contributed by atoms with Gasteiger partial charge in [-0.1, -0.05) is 13.8 Å². The Labute approximate surface area is 104 Å². The minimum absolute atomic E-state index is 0.129. The Morgan fingerprint density at radius 1 is 1.24 bits per heavy atom. The molecule has 0 radical (unpaired) electrons. The van der Waals surface area contributed by atoms with E-state index in [0.29, 0.717) is 6.04 Å². The first-order chi connectivity index (χ1) is 8.22. The highest BCUT2D eigenvalue weighted by Gasteiger charge is 2.05. The highest BCUT2D eigenvalue weighted by molar-refractivity contribution is 4.81. The van der Waals surface area contributed by atoms with E-state index in [1.54, 1.807) is 4.57 Å². The van der Waals surface area contributed by atoms with Crippen molar-refractivity contribution in [1.29, 1.82) is 0 Å². The van der Waals surface area contributed by atoms with Gasteiger partial charge in [-0.05, 0) is 32.7 Å². The molecule has 0 saturated heterocycles. The zero-order chi connectivity index (χ0) is 12.7. The van der Waals surface area contributed by atoms with Gasteiger partial charge in [-0.2, -0.15) is 0 Å². The second kappa shape index (κ2) is 7.33. The molecule has 0 aliphatic heterocycles. The van der Waals surface area contributed by atoms with Crippen molar-refractivity contribution in [3.63, 3.8) is 0 Å². The Morgan fingerprint density at radius 2 is 1.88 bits per heavy atom. The number of hydrogen-bond acceptors (Lipinski definition) is 2. The van der Waals surface area contributed by atoms with Crippen LogP contribution in [-0.2, 0) is 13.1 Å². The first-order valence-electron chi connectivity index (χ1n) is 6.65. The first-order valence-corrected chi connectivity index (χ1v) is 6.65. The number of aromatic nitrogens is 2. The lowest BCUT2D eigenvalue weighted by Crippen LogP contribution is -2.26. The molecule has 1 heterocycles. The standard InChI is InChI=1S/C13H25N3O/c1-4-8-15-10-11-16(13(15)17)9-6-7-12(5-2)14-3/h10-12,14H,4-9H2,1-3H3. The van der Waals surface area contributed by atoms with Gasteiger partial charge in [-0.15, -0.1) is 0 Å². The molecule has 4 nitrogen and oxygen atoms in total. The van der Waals surface area contributed by atoms with E-state index in [1.807, 2.05) is 24.0 Å². The lowest BCUT2D eigenvalue weighted by atomic mass is 10.1. The number of imidazole rings is 1. The zero-order valence-corrected chi connectivity index (χ0v) is 11.3. The van der Waals surface area contributed by atoms with Crippen LogP contribution in [0.3, 0.4) is 0 Å². The molecule has 0 bridgehead atoms. The third-order valence-corrected chi connectivity index (χ3v) is 3.24. The second-order valence-electron chi connectivity index (χ2n) is 4.50. The Balaban J connectivity index is 2.44. The predicted octanol–water partition coefficient (Wildman–Crippen LogP) is 1.84. The largest absolute Gasteiger partial charge is 0.328 e. The van der Waals surface area contributed by atoms with Crippen LogP contribution in [0.25, 0.3) is 0 Å². The monoisotopic (exact) mass is 239 g/mol. The molecule has 0 amide bonds. The van der Waals surface area contributed by atoms with E-state index in [1.165, 1.54) is 0 Å². The van der Waals surface area contributed by atoms with Crippen LogP contribution in [0.2, 0.25) is 0 Å². The molecule has 4 heteroatoms. The van der Waals surface area contributed by atoms with Crippen molar-refractivity contribution in [2.75, 3.05) is 7.05 Å². The van der Waals surface area contributed by atoms with Gasteiger partial charge < -0.3 is 5.32 Å². The van der Waals surface area contributed by atoms with Crippen molar-refractivity contribution in [3.05, 3.63) is 22.9 Å². The van der Waals surface area contributed by atoms with Gasteiger partial charge in [0.2, 0.25) is 0 Å². The van der Waals surface area contributed by atoms with Crippen LogP contribution >= 0.6 is 0 Å². The summed E-state index contributed by atoms with van der Waals surface area (Å²) in [7, 11) is 2.00. The molecular weight excluding hydrogens is 214 g/mol. The topological polar surface area (TPSA) is 39.0 Å². The fourth-order valence-electron chi connectivity index (χ4n) is 2.10. The summed E-state index contributed by atoms with van der Waals surface area (Å²) in [4.78, 5) is 11.9. The highest BCUT2D eigenvalue weighted by atomic mass is 16.1. The number of aryl methyl sites for hydroxylation is 2. The molecule has 1 atom stereocenters. The number of nitrogens with zero attached hydrogens (tertiary/aromatic N) is 2. The van der Waals surface area contributed by atoms with Gasteiger partial charge in [0.25, 0.3) is 0 Å². The van der Waals surface area contributed by atoms with Gasteiger partial charge >= 0.3 is 5.69 Å². The Bertz CT molecular complexity index is 363. The van der Waals surface area contributed by atoms with Crippen LogP contribution in [0.15, 0.2) is 17.2 Å². The Hall–Kier alpha value is -1.03. The van der Waals surface area contributed by atoms with Crippen molar-refractivity contribution < 1.29 is 0 Å². The summed E-state index contributed by atoms with van der Waals surface area (Å²) in [5.74, 6) is 0. The highest BCUT2D eigenvalue weighted by Crippen LogP contribution is 2.02. The third kappa shape index (κ3) is 4.04. The number of nitrogens with one attached hydrogen (secondary N) is 1. The summed E-state index contributed by atoms with van der Waals surface area (Å²) in [6, 6.07) is 0.573. The van der Waals surface area contributed by atoms with Crippen LogP contribution in [-0.4, -0.2) is 22.2 Å². The van der Waals surface area contributed by atoms with E-state index < -0.39 is 0 Å². The van der Waals surface area contributed by atoms with Gasteiger partial charge in [-0.25, -0.2) is 4.79 Å². The van der Waals surface area contributed by atoms with Crippen LogP contribution in [0.4, 0.5) is 0 Å². The molecule has 0 aliphatic rings. The SMILES string of the molecule is CCCn1ccn(CCCC(CC)NC)c1=O. The molecule has 1 aromatic heterocycles. The molecule has 1 rings (SSSR count). The molecule has 1 N–H and O–H groups in total. The molecule has 0 spiro atoms. The van der Waals surface area contributed by atoms with E-state index >= 15 is 0 Å². The van der Waals surface area contributed by atoms with E-state index in [4.69, 9.17) is 0 Å². The molecular formula is C13H25N3O. The molecule has 0 aromatic carbocycles. The summed E-state index contributed by atoms with van der Waals surface area (Å²) in [6.45, 7) is 5.92. The minimum atomic E-state index is 0.129. The van der Waals surface area contributed by atoms with Crippen molar-refractivity contribution in [1.82, 2.24) is 14.5 Å². The molecule has 1 aromatic rings. The number of hydrogen-bond donors (Lipinski definition) is 1. The van der Waals surface area contributed by atoms with Gasteiger partial charge in [0.05, 0.1) is 0 Å². The van der Waals surface area contributed by atoms with E-state index in [2.05, 4.69) is 19.2 Å². The Kier molecular flexibility index (Phi) is 6.05. The summed E-state index contributed by atoms with van der Waals surface area (Å²) in [6.07, 6.45) is 8.11. The van der Waals surface area contributed by atoms with E-state index in [0.717, 1.165) is 38.8 Å². The maximum absolute atomic E-state index is 11.9. The maximum atomic E-state index is 11.9. The average Bonchev–Trinajstić information content (AvgIpc) is 2.68. The van der Waals surface area contributed by atoms with Gasteiger partial charge in [0.15, 0.2) is 0 Å². The van der Waals surface area contributed by atoms with Gasteiger partial charge in [-0.3, -0.25) is 9.13 Å². The van der Waals surface area contributed by atoms with E-state index in [-0.39, 0.29) is 5.69 Å². The zero-order valence-electron chi connectivity index (χ0n) is 11.3. The third-order valence-electron chi connectivity index (χ3n) is 3.24. The van der Waals surface area contributed by atoms with Crippen molar-refractivity contribution in [2.45, 2.75) is 58.7 Å². The summed E-state index contributed by atoms with van der Waals surface area (Å²) in [5, 5.41) is 3.29. The van der Waals surface area contributed by atoms with E-state index in [9.17, 15) is 4.79 Å². The van der Waals surface area contributed by atoms with Crippen LogP contribution in [0.5, 0.6) is 0 Å². The summed E-state index contributed by atoms with van der Waals surface area (Å²) in [5.41, 5.74) is 0.129. The van der Waals surface area contributed by atoms with Crippen LogP contribution in [0.1, 0.15) is 39.5 Å². The van der Waals surface area contributed by atoms with Gasteiger partial charge in [0, 0.05) is 31.5 Å². The van der Waals surface area contributed by atoms with Gasteiger partial charge in [0.1, 0.15) is 0 Å². The Morgan fingerprint density at radius 3 is 2.41 bits per heavy atom. The average molecular weight is 239 g/mol. The fraction of sp³-hybridized carbons (Fsp3) is 0.769. The van der Waals surface area contributed by atoms with Crippen molar-refractivity contribution in [2.24, 2.45) is 0 Å². The molecule has 98 valence electrons. The molecule has 0 fully saturated rings. The summed E-state index contributed by atoms with van der Waals surface area (Å²) >= 11 is 0. The molecule has 1 unspecified atom stereocenters. The number of rotatable bonds is 8. The lowest BCUT2D eigenvalue weighted by Gasteiger charge is -2.13. The first kappa shape index (κ1) is 14.0. The lowest BCUT2D eigenvalue weighted by molar-refractivity contribution is 0.463.